The van der Waals surface area contributed by atoms with Crippen molar-refractivity contribution in [1.82, 2.24) is 9.97 Å². The van der Waals surface area contributed by atoms with Crippen LogP contribution in [-0.2, 0) is 0 Å². The van der Waals surface area contributed by atoms with Gasteiger partial charge in [0, 0.05) is 6.20 Å². The van der Waals surface area contributed by atoms with E-state index in [9.17, 15) is 4.79 Å². The van der Waals surface area contributed by atoms with Crippen LogP contribution in [0.5, 0.6) is 11.6 Å². The van der Waals surface area contributed by atoms with Crippen LogP contribution < -0.4 is 4.74 Å². The summed E-state index contributed by atoms with van der Waals surface area (Å²) >= 11 is 7.79. The molecule has 0 saturated heterocycles. The zero-order valence-corrected chi connectivity index (χ0v) is 11.7. The summed E-state index contributed by atoms with van der Waals surface area (Å²) in [6, 6.07) is 4.39. The second-order valence-electron chi connectivity index (χ2n) is 3.22. The van der Waals surface area contributed by atoms with Crippen molar-refractivity contribution in [2.24, 2.45) is 0 Å². The van der Waals surface area contributed by atoms with Gasteiger partial charge in [-0.15, -0.1) is 0 Å². The van der Waals surface area contributed by atoms with Crippen LogP contribution in [-0.4, -0.2) is 21.0 Å². The molecule has 1 heterocycles. The molecule has 5 nitrogen and oxygen atoms in total. The number of carbonyl (C=O) groups is 1. The lowest BCUT2D eigenvalue weighted by atomic mass is 10.2. The van der Waals surface area contributed by atoms with Crippen molar-refractivity contribution >= 4 is 40.2 Å². The Morgan fingerprint density at radius 1 is 1.44 bits per heavy atom. The Labute approximate surface area is 121 Å². The van der Waals surface area contributed by atoms with Gasteiger partial charge in [0.15, 0.2) is 0 Å². The Bertz CT molecular complexity index is 607. The van der Waals surface area contributed by atoms with Crippen molar-refractivity contribution in [3.05, 3.63) is 44.9 Å². The molecule has 1 N–H and O–H groups in total. The molecule has 2 aromatic rings. The zero-order chi connectivity index (χ0) is 13.1. The summed E-state index contributed by atoms with van der Waals surface area (Å²) in [5.41, 5.74) is -0.0155. The highest BCUT2D eigenvalue weighted by molar-refractivity contribution is 14.1. The smallest absolute Gasteiger partial charge is 0.337 e. The van der Waals surface area contributed by atoms with Crippen molar-refractivity contribution in [3.63, 3.8) is 0 Å². The maximum absolute atomic E-state index is 10.9. The van der Waals surface area contributed by atoms with E-state index in [0.29, 0.717) is 11.6 Å². The average molecular weight is 377 g/mol. The molecule has 92 valence electrons. The van der Waals surface area contributed by atoms with E-state index in [1.54, 1.807) is 12.3 Å². The molecule has 18 heavy (non-hydrogen) atoms. The van der Waals surface area contributed by atoms with E-state index in [-0.39, 0.29) is 10.6 Å². The van der Waals surface area contributed by atoms with Gasteiger partial charge in [-0.25, -0.2) is 14.8 Å². The first-order valence-electron chi connectivity index (χ1n) is 4.74. The minimum Gasteiger partial charge on any atom is -0.478 e. The Balaban J connectivity index is 2.33. The van der Waals surface area contributed by atoms with Crippen molar-refractivity contribution in [3.8, 4) is 11.6 Å². The van der Waals surface area contributed by atoms with Gasteiger partial charge in [0.05, 0.1) is 14.2 Å². The van der Waals surface area contributed by atoms with E-state index >= 15 is 0 Å². The topological polar surface area (TPSA) is 72.3 Å². The monoisotopic (exact) mass is 376 g/mol. The number of nitrogens with zero attached hydrogens (tertiary/aromatic N) is 2. The van der Waals surface area contributed by atoms with Gasteiger partial charge in [-0.3, -0.25) is 0 Å². The summed E-state index contributed by atoms with van der Waals surface area (Å²) in [5, 5.41) is 9.10. The number of rotatable bonds is 3. The Hall–Kier alpha value is -1.41. The van der Waals surface area contributed by atoms with Gasteiger partial charge < -0.3 is 9.84 Å². The van der Waals surface area contributed by atoms with E-state index in [0.717, 1.165) is 3.57 Å². The number of hydrogen-bond acceptors (Lipinski definition) is 4. The number of ether oxygens (including phenoxy) is 1. The fourth-order valence-electron chi connectivity index (χ4n) is 1.22. The molecule has 0 radical (unpaired) electrons. The molecule has 0 atom stereocenters. The van der Waals surface area contributed by atoms with E-state index in [4.69, 9.17) is 21.4 Å². The molecule has 0 saturated carbocycles. The third-order valence-corrected chi connectivity index (χ3v) is 3.09. The number of benzene rings is 1. The summed E-state index contributed by atoms with van der Waals surface area (Å²) < 4.78 is 6.20. The van der Waals surface area contributed by atoms with Crippen LogP contribution >= 0.6 is 34.2 Å². The Morgan fingerprint density at radius 2 is 2.22 bits per heavy atom. The zero-order valence-electron chi connectivity index (χ0n) is 8.80. The third-order valence-electron chi connectivity index (χ3n) is 2.02. The summed E-state index contributed by atoms with van der Waals surface area (Å²) in [5.74, 6) is -0.388. The first-order valence-corrected chi connectivity index (χ1v) is 6.20. The number of halogens is 2. The maximum Gasteiger partial charge on any atom is 0.337 e. The van der Waals surface area contributed by atoms with Crippen molar-refractivity contribution in [1.29, 1.82) is 0 Å². The van der Waals surface area contributed by atoms with Gasteiger partial charge >= 0.3 is 5.97 Å². The summed E-state index contributed by atoms with van der Waals surface area (Å²) in [6.45, 7) is 0. The number of aromatic carboxylic acids is 1. The quantitative estimate of drug-likeness (QED) is 0.833. The minimum absolute atomic E-state index is 0.0155. The van der Waals surface area contributed by atoms with Crippen molar-refractivity contribution in [2.45, 2.75) is 0 Å². The molecule has 0 bridgehead atoms. The molecule has 0 spiro atoms. The standard InChI is InChI=1S/C11H6ClIN2O3/c12-8-2-1-6(3-7(8)11(16)17)18-10-9(13)4-14-5-15-10/h1-5H,(H,16,17). The normalized spacial score (nSPS) is 10.1. The van der Waals surface area contributed by atoms with Crippen LogP contribution in [0.1, 0.15) is 10.4 Å². The highest BCUT2D eigenvalue weighted by atomic mass is 127. The Morgan fingerprint density at radius 3 is 2.89 bits per heavy atom. The molecule has 0 amide bonds. The molecule has 0 aliphatic rings. The van der Waals surface area contributed by atoms with Crippen LogP contribution in [0.4, 0.5) is 0 Å². The summed E-state index contributed by atoms with van der Waals surface area (Å²) in [6.07, 6.45) is 2.95. The van der Waals surface area contributed by atoms with Crippen LogP contribution in [0.3, 0.4) is 0 Å². The maximum atomic E-state index is 10.9. The van der Waals surface area contributed by atoms with Gasteiger partial charge in [-0.05, 0) is 40.8 Å². The van der Waals surface area contributed by atoms with Gasteiger partial charge in [0.25, 0.3) is 0 Å². The largest absolute Gasteiger partial charge is 0.478 e. The minimum atomic E-state index is -1.11. The second kappa shape index (κ2) is 5.49. The predicted molar refractivity (Wildman–Crippen MR) is 73.2 cm³/mol. The Kier molecular flexibility index (Phi) is 3.97. The van der Waals surface area contributed by atoms with Crippen LogP contribution in [0, 0.1) is 3.57 Å². The number of carboxylic acids is 1. The van der Waals surface area contributed by atoms with Gasteiger partial charge in [-0.1, -0.05) is 11.6 Å². The molecule has 0 unspecified atom stereocenters. The van der Waals surface area contributed by atoms with Gasteiger partial charge in [0.2, 0.25) is 5.88 Å². The highest BCUT2D eigenvalue weighted by Gasteiger charge is 2.11. The van der Waals surface area contributed by atoms with E-state index in [2.05, 4.69) is 9.97 Å². The lowest BCUT2D eigenvalue weighted by molar-refractivity contribution is 0.0696. The lowest BCUT2D eigenvalue weighted by Gasteiger charge is -2.07. The lowest BCUT2D eigenvalue weighted by Crippen LogP contribution is -1.99. The predicted octanol–water partition coefficient (Wildman–Crippen LogP) is 3.23. The number of carboxylic acid groups (broad SMARTS) is 1. The molecule has 0 aliphatic carbocycles. The van der Waals surface area contributed by atoms with Gasteiger partial charge in [0.1, 0.15) is 12.1 Å². The first-order chi connectivity index (χ1) is 8.58. The van der Waals surface area contributed by atoms with Gasteiger partial charge in [-0.2, -0.15) is 0 Å². The fourth-order valence-corrected chi connectivity index (χ4v) is 1.83. The molecule has 1 aromatic carbocycles. The van der Waals surface area contributed by atoms with Crippen molar-refractivity contribution < 1.29 is 14.6 Å². The number of hydrogen-bond donors (Lipinski definition) is 1. The molecule has 1 aromatic heterocycles. The van der Waals surface area contributed by atoms with E-state index in [1.807, 2.05) is 22.6 Å². The van der Waals surface area contributed by atoms with Crippen LogP contribution in [0.15, 0.2) is 30.7 Å². The SMILES string of the molecule is O=C(O)c1cc(Oc2ncncc2I)ccc1Cl. The summed E-state index contributed by atoms with van der Waals surface area (Å²) in [7, 11) is 0. The third kappa shape index (κ3) is 2.88. The fraction of sp³-hybridized carbons (Fsp3) is 0. The molecular weight excluding hydrogens is 370 g/mol. The average Bonchev–Trinajstić information content (AvgIpc) is 2.34. The number of aromatic nitrogens is 2. The second-order valence-corrected chi connectivity index (χ2v) is 4.79. The molecule has 0 fully saturated rings. The first kappa shape index (κ1) is 13.0. The summed E-state index contributed by atoms with van der Waals surface area (Å²) in [4.78, 5) is 18.7. The van der Waals surface area contributed by atoms with E-state index < -0.39 is 5.97 Å². The van der Waals surface area contributed by atoms with Crippen LogP contribution in [0.2, 0.25) is 5.02 Å². The molecule has 0 aliphatic heterocycles. The molecular formula is C11H6ClIN2O3. The molecule has 7 heteroatoms. The van der Waals surface area contributed by atoms with E-state index in [1.165, 1.54) is 18.5 Å². The van der Waals surface area contributed by atoms with Crippen molar-refractivity contribution in [2.75, 3.05) is 0 Å². The molecule has 2 rings (SSSR count). The van der Waals surface area contributed by atoms with Crippen LogP contribution in [0.25, 0.3) is 0 Å². The highest BCUT2D eigenvalue weighted by Crippen LogP contribution is 2.27.